The van der Waals surface area contributed by atoms with E-state index in [9.17, 15) is 19.8 Å². The van der Waals surface area contributed by atoms with Crippen molar-refractivity contribution in [2.75, 3.05) is 21.6 Å². The molecule has 11 nitrogen and oxygen atoms in total. The summed E-state index contributed by atoms with van der Waals surface area (Å²) in [5, 5.41) is 30.1. The van der Waals surface area contributed by atoms with Crippen LogP contribution in [0.15, 0.2) is 170 Å². The van der Waals surface area contributed by atoms with Crippen molar-refractivity contribution in [2.24, 2.45) is 0 Å². The number of benzene rings is 8. The van der Waals surface area contributed by atoms with Gasteiger partial charge in [-0.25, -0.2) is 0 Å². The molecule has 0 saturated carbocycles. The zero-order valence-corrected chi connectivity index (χ0v) is 31.5. The van der Waals surface area contributed by atoms with Gasteiger partial charge in [0.05, 0.1) is 23.5 Å². The van der Waals surface area contributed by atoms with E-state index in [-0.39, 0.29) is 29.6 Å². The Bertz CT molecular complexity index is 2750. The molecule has 0 aliphatic carbocycles. The minimum absolute atomic E-state index is 0.0676. The number of carbonyl (C=O) groups excluding carboxylic acids is 2. The lowest BCUT2D eigenvalue weighted by atomic mass is 10.0. The van der Waals surface area contributed by atoms with E-state index in [1.807, 2.05) is 72.8 Å². The van der Waals surface area contributed by atoms with E-state index in [4.69, 9.17) is 14.4 Å². The molecule has 0 aromatic heterocycles. The average Bonchev–Trinajstić information content (AvgIpc) is 3.25. The third-order valence-corrected chi connectivity index (χ3v) is 9.42. The van der Waals surface area contributed by atoms with Crippen LogP contribution in [0.2, 0.25) is 0 Å². The molecule has 0 aliphatic heterocycles. The van der Waals surface area contributed by atoms with Crippen molar-refractivity contribution in [3.8, 4) is 23.0 Å². The lowest BCUT2D eigenvalue weighted by molar-refractivity contribution is 0.101. The van der Waals surface area contributed by atoms with Gasteiger partial charge >= 0.3 is 0 Å². The van der Waals surface area contributed by atoms with Gasteiger partial charge in [0.25, 0.3) is 11.8 Å². The molecule has 0 aliphatic rings. The SMILES string of the molecule is O=C(Nc1ccccc1)c1ccc2cc(O)c(C(=O)Nc3ccc(Oc4ccc(NOCc5cc6cc(CONc7ccccc7)ccc6cc5O)cc4)cc3)cc2c1. The highest BCUT2D eigenvalue weighted by Gasteiger charge is 2.15. The van der Waals surface area contributed by atoms with Crippen LogP contribution in [0.25, 0.3) is 21.5 Å². The van der Waals surface area contributed by atoms with Gasteiger partial charge in [-0.3, -0.25) is 30.2 Å². The van der Waals surface area contributed by atoms with Gasteiger partial charge in [-0.1, -0.05) is 54.6 Å². The number of phenols is 2. The van der Waals surface area contributed by atoms with Crippen LogP contribution in [0.4, 0.5) is 22.7 Å². The van der Waals surface area contributed by atoms with E-state index in [0.717, 1.165) is 22.0 Å². The highest BCUT2D eigenvalue weighted by Crippen LogP contribution is 2.30. The van der Waals surface area contributed by atoms with Crippen molar-refractivity contribution in [2.45, 2.75) is 13.2 Å². The summed E-state index contributed by atoms with van der Waals surface area (Å²) in [4.78, 5) is 37.5. The van der Waals surface area contributed by atoms with Gasteiger partial charge < -0.3 is 25.6 Å². The fourth-order valence-electron chi connectivity index (χ4n) is 6.36. The molecule has 8 aromatic rings. The summed E-state index contributed by atoms with van der Waals surface area (Å²) >= 11 is 0. The normalized spacial score (nSPS) is 10.9. The first kappa shape index (κ1) is 38.0. The van der Waals surface area contributed by atoms with Crippen molar-refractivity contribution in [1.82, 2.24) is 0 Å². The maximum absolute atomic E-state index is 13.2. The fourth-order valence-corrected chi connectivity index (χ4v) is 6.36. The van der Waals surface area contributed by atoms with E-state index in [1.54, 1.807) is 91.0 Å². The number of carbonyl (C=O) groups is 2. The number of hydrogen-bond donors (Lipinski definition) is 6. The van der Waals surface area contributed by atoms with Gasteiger partial charge in [0, 0.05) is 22.5 Å². The maximum atomic E-state index is 13.2. The number of anilines is 4. The van der Waals surface area contributed by atoms with Gasteiger partial charge in [0.15, 0.2) is 0 Å². The molecule has 0 saturated heterocycles. The predicted octanol–water partition coefficient (Wildman–Crippen LogP) is 10.8. The third-order valence-electron chi connectivity index (χ3n) is 9.42. The van der Waals surface area contributed by atoms with Gasteiger partial charge in [-0.15, -0.1) is 0 Å². The molecule has 0 fully saturated rings. The molecule has 0 bridgehead atoms. The summed E-state index contributed by atoms with van der Waals surface area (Å²) in [7, 11) is 0. The van der Waals surface area contributed by atoms with Gasteiger partial charge in [-0.2, -0.15) is 0 Å². The summed E-state index contributed by atoms with van der Waals surface area (Å²) in [6.45, 7) is 0.484. The van der Waals surface area contributed by atoms with Gasteiger partial charge in [0.2, 0.25) is 0 Å². The number of amides is 2. The number of phenolic OH excluding ortho intramolecular Hbond substituents is 2. The summed E-state index contributed by atoms with van der Waals surface area (Å²) in [5.74, 6) is 0.284. The Balaban J connectivity index is 0.828. The van der Waals surface area contributed by atoms with E-state index in [1.165, 1.54) is 6.07 Å². The second-order valence-corrected chi connectivity index (χ2v) is 13.7. The summed E-state index contributed by atoms with van der Waals surface area (Å²) in [6, 6.07) is 50.5. The molecule has 0 atom stereocenters. The first-order valence-electron chi connectivity index (χ1n) is 18.7. The highest BCUT2D eigenvalue weighted by atomic mass is 16.6. The van der Waals surface area contributed by atoms with Gasteiger partial charge in [0.1, 0.15) is 29.6 Å². The molecular weight excluding hydrogens is 745 g/mol. The van der Waals surface area contributed by atoms with Crippen LogP contribution in [0, 0.1) is 0 Å². The molecule has 0 unspecified atom stereocenters. The average molecular weight is 783 g/mol. The largest absolute Gasteiger partial charge is 0.508 e. The Hall–Kier alpha value is -7.86. The first-order chi connectivity index (χ1) is 28.8. The van der Waals surface area contributed by atoms with E-state index < -0.39 is 5.91 Å². The van der Waals surface area contributed by atoms with Gasteiger partial charge in [-0.05, 0) is 142 Å². The maximum Gasteiger partial charge on any atom is 0.259 e. The molecule has 292 valence electrons. The highest BCUT2D eigenvalue weighted by molar-refractivity contribution is 6.10. The third kappa shape index (κ3) is 9.58. The van der Waals surface area contributed by atoms with Crippen molar-refractivity contribution >= 4 is 56.1 Å². The molecule has 59 heavy (non-hydrogen) atoms. The fraction of sp³-hybridized carbons (Fsp3) is 0.0417. The Labute approximate surface area is 339 Å². The minimum Gasteiger partial charge on any atom is -0.508 e. The Morgan fingerprint density at radius 2 is 1.00 bits per heavy atom. The Morgan fingerprint density at radius 1 is 0.458 bits per heavy atom. The second-order valence-electron chi connectivity index (χ2n) is 13.7. The number of hydrogen-bond acceptors (Lipinski definition) is 9. The Kier molecular flexibility index (Phi) is 11.3. The lowest BCUT2D eigenvalue weighted by Gasteiger charge is -2.12. The van der Waals surface area contributed by atoms with E-state index in [0.29, 0.717) is 57.1 Å². The number of rotatable bonds is 14. The monoisotopic (exact) mass is 782 g/mol. The van der Waals surface area contributed by atoms with Crippen molar-refractivity contribution in [3.05, 3.63) is 192 Å². The number of ether oxygens (including phenoxy) is 1. The molecular formula is C48H38N4O7. The van der Waals surface area contributed by atoms with E-state index in [2.05, 4.69) is 21.6 Å². The summed E-state index contributed by atoms with van der Waals surface area (Å²) in [6.07, 6.45) is 0. The summed E-state index contributed by atoms with van der Waals surface area (Å²) < 4.78 is 6.00. The number of nitrogens with one attached hydrogen (secondary N) is 4. The van der Waals surface area contributed by atoms with Crippen LogP contribution in [-0.4, -0.2) is 22.0 Å². The number of para-hydroxylation sites is 2. The zero-order valence-electron chi connectivity index (χ0n) is 31.5. The summed E-state index contributed by atoms with van der Waals surface area (Å²) in [5.41, 5.74) is 10.7. The minimum atomic E-state index is -0.509. The molecule has 11 heteroatoms. The lowest BCUT2D eigenvalue weighted by Crippen LogP contribution is -2.13. The van der Waals surface area contributed by atoms with Crippen molar-refractivity contribution in [3.63, 3.8) is 0 Å². The molecule has 0 spiro atoms. The Morgan fingerprint density at radius 3 is 1.69 bits per heavy atom. The predicted molar refractivity (Wildman–Crippen MR) is 230 cm³/mol. The van der Waals surface area contributed by atoms with Crippen molar-refractivity contribution in [1.29, 1.82) is 0 Å². The molecule has 2 amide bonds. The zero-order chi connectivity index (χ0) is 40.6. The smallest absolute Gasteiger partial charge is 0.259 e. The van der Waals surface area contributed by atoms with Crippen LogP contribution >= 0.6 is 0 Å². The molecule has 8 aromatic carbocycles. The van der Waals surface area contributed by atoms with Crippen molar-refractivity contribution < 1.29 is 34.2 Å². The topological polar surface area (TPSA) is 150 Å². The first-order valence-corrected chi connectivity index (χ1v) is 18.7. The molecule has 6 N–H and O–H groups in total. The quantitative estimate of drug-likeness (QED) is 0.0592. The molecule has 0 radical (unpaired) electrons. The van der Waals surface area contributed by atoms with Crippen LogP contribution < -0.4 is 26.3 Å². The second kappa shape index (κ2) is 17.5. The van der Waals surface area contributed by atoms with Crippen LogP contribution in [-0.2, 0) is 22.9 Å². The van der Waals surface area contributed by atoms with Crippen LogP contribution in [0.1, 0.15) is 31.8 Å². The molecule has 0 heterocycles. The standard InChI is InChI=1S/C48H38N4O7/c53-45-27-32-12-11-31(29-57-51-40-9-5-2-6-10-40)23-35(32)25-37(45)30-58-52-41-17-21-43(22-18-41)59-42-19-15-39(16-20-42)50-48(56)44-26-36-24-34(14-13-33(36)28-46(44)54)47(55)49-38-7-3-1-4-8-38/h1-28,51-54H,29-30H2,(H,49,55)(H,50,56). The number of fused-ring (bicyclic) bond motifs is 2. The van der Waals surface area contributed by atoms with Crippen LogP contribution in [0.3, 0.4) is 0 Å². The van der Waals surface area contributed by atoms with Crippen LogP contribution in [0.5, 0.6) is 23.0 Å². The number of aromatic hydroxyl groups is 2. The van der Waals surface area contributed by atoms with E-state index >= 15 is 0 Å². The molecule has 8 rings (SSSR count).